The third kappa shape index (κ3) is 9.71. The molecule has 2 nitrogen and oxygen atoms in total. The molecule has 2 saturated carbocycles. The van der Waals surface area contributed by atoms with Gasteiger partial charge in [0.15, 0.2) is 0 Å². The largest absolute Gasteiger partial charge is 0.416 e. The van der Waals surface area contributed by atoms with Crippen molar-refractivity contribution in [3.05, 3.63) is 35.4 Å². The highest BCUT2D eigenvalue weighted by molar-refractivity contribution is 5.28. The van der Waals surface area contributed by atoms with Gasteiger partial charge in [-0.3, -0.25) is 0 Å². The molecule has 0 amide bonds. The summed E-state index contributed by atoms with van der Waals surface area (Å²) < 4.78 is 44.5. The molecule has 1 aromatic rings. The fourth-order valence-electron chi connectivity index (χ4n) is 5.39. The normalized spacial score (nSPS) is 23.9. The summed E-state index contributed by atoms with van der Waals surface area (Å²) in [5.74, 6) is 3.96. The van der Waals surface area contributed by atoms with Crippen LogP contribution >= 0.6 is 0 Å². The molecular formula is C28H42F3NO. The molecule has 2 aliphatic carbocycles. The molecule has 3 rings (SSSR count). The first-order valence-corrected chi connectivity index (χ1v) is 12.7. The minimum atomic E-state index is -4.28. The summed E-state index contributed by atoms with van der Waals surface area (Å²) in [5, 5.41) is 3.80. The fourth-order valence-corrected chi connectivity index (χ4v) is 5.39. The van der Waals surface area contributed by atoms with Crippen LogP contribution < -0.4 is 5.32 Å². The summed E-state index contributed by atoms with van der Waals surface area (Å²) in [6, 6.07) is 6.26. The number of benzene rings is 1. The molecule has 0 heterocycles. The number of ether oxygens (including phenoxy) is 1. The van der Waals surface area contributed by atoms with Crippen molar-refractivity contribution in [2.45, 2.75) is 96.2 Å². The number of nitrogens with one attached hydrogen (secondary N) is 1. The molecule has 1 N–H and O–H groups in total. The lowest BCUT2D eigenvalue weighted by atomic mass is 9.73. The molecule has 5 heteroatoms. The Bertz CT molecular complexity index is 689. The van der Waals surface area contributed by atoms with Crippen molar-refractivity contribution in [3.63, 3.8) is 0 Å². The van der Waals surface area contributed by atoms with Crippen molar-refractivity contribution in [1.29, 1.82) is 0 Å². The third-order valence-electron chi connectivity index (χ3n) is 7.18. The van der Waals surface area contributed by atoms with Crippen LogP contribution in [0.4, 0.5) is 13.2 Å². The number of alkyl halides is 3. The first kappa shape index (κ1) is 27.7. The molecule has 0 aromatic heterocycles. The van der Waals surface area contributed by atoms with E-state index < -0.39 is 11.7 Å². The maximum absolute atomic E-state index is 13.0. The molecule has 2 aliphatic rings. The van der Waals surface area contributed by atoms with Crippen molar-refractivity contribution < 1.29 is 17.9 Å². The second kappa shape index (κ2) is 14.7. The van der Waals surface area contributed by atoms with Gasteiger partial charge in [0.25, 0.3) is 0 Å². The van der Waals surface area contributed by atoms with E-state index in [2.05, 4.69) is 17.7 Å². The Morgan fingerprint density at radius 2 is 1.67 bits per heavy atom. The highest BCUT2D eigenvalue weighted by atomic mass is 19.4. The third-order valence-corrected chi connectivity index (χ3v) is 7.18. The lowest BCUT2D eigenvalue weighted by molar-refractivity contribution is -0.137. The Kier molecular flexibility index (Phi) is 12.3. The van der Waals surface area contributed by atoms with E-state index in [4.69, 9.17) is 4.74 Å². The molecule has 0 aliphatic heterocycles. The van der Waals surface area contributed by atoms with Crippen molar-refractivity contribution in [2.24, 2.45) is 11.8 Å². The maximum atomic E-state index is 13.0. The molecule has 3 unspecified atom stereocenters. The van der Waals surface area contributed by atoms with Gasteiger partial charge in [-0.1, -0.05) is 44.2 Å². The predicted octanol–water partition coefficient (Wildman–Crippen LogP) is 7.58. The first-order valence-electron chi connectivity index (χ1n) is 12.7. The summed E-state index contributed by atoms with van der Waals surface area (Å²) in [4.78, 5) is 0. The zero-order valence-electron chi connectivity index (χ0n) is 20.4. The van der Waals surface area contributed by atoms with E-state index in [9.17, 15) is 13.2 Å². The van der Waals surface area contributed by atoms with Crippen LogP contribution in [0.1, 0.15) is 95.1 Å². The van der Waals surface area contributed by atoms with E-state index in [1.54, 1.807) is 19.1 Å². The van der Waals surface area contributed by atoms with Gasteiger partial charge < -0.3 is 10.1 Å². The van der Waals surface area contributed by atoms with Crippen LogP contribution in [0.15, 0.2) is 24.3 Å². The van der Waals surface area contributed by atoms with Gasteiger partial charge in [0.1, 0.15) is 0 Å². The Morgan fingerprint density at radius 3 is 2.27 bits per heavy atom. The number of hydrogen-bond acceptors (Lipinski definition) is 2. The van der Waals surface area contributed by atoms with Gasteiger partial charge in [0.05, 0.1) is 5.56 Å². The summed E-state index contributed by atoms with van der Waals surface area (Å²) in [6.07, 6.45) is 12.7. The standard InChI is InChI=1S/C25H38F3NO.C3H4/c1-2-30-17-15-20-8-13-24(29-16-14-19-6-4-3-5-7-19)23(18-20)21-9-11-22(12-10-21)25(26,27)28;1-3-2/h9-12,19-20,23-24,29H,2-8,13-18H2,1H3;1H,2H3. The Morgan fingerprint density at radius 1 is 1.00 bits per heavy atom. The van der Waals surface area contributed by atoms with Crippen LogP contribution in [-0.2, 0) is 10.9 Å². The van der Waals surface area contributed by atoms with E-state index in [-0.39, 0.29) is 5.92 Å². The van der Waals surface area contributed by atoms with E-state index >= 15 is 0 Å². The number of halogens is 3. The van der Waals surface area contributed by atoms with Gasteiger partial charge in [0.2, 0.25) is 0 Å². The van der Waals surface area contributed by atoms with E-state index in [0.717, 1.165) is 50.5 Å². The Balaban J connectivity index is 0.00000122. The van der Waals surface area contributed by atoms with Gasteiger partial charge in [-0.25, -0.2) is 0 Å². The van der Waals surface area contributed by atoms with Crippen LogP contribution in [0.2, 0.25) is 0 Å². The van der Waals surface area contributed by atoms with Gasteiger partial charge in [-0.2, -0.15) is 13.2 Å². The molecule has 33 heavy (non-hydrogen) atoms. The number of terminal acetylenes is 1. The average molecular weight is 466 g/mol. The summed E-state index contributed by atoms with van der Waals surface area (Å²) in [5.41, 5.74) is 0.482. The zero-order chi connectivity index (χ0) is 24.1. The molecule has 0 bridgehead atoms. The van der Waals surface area contributed by atoms with E-state index in [1.807, 2.05) is 6.92 Å². The van der Waals surface area contributed by atoms with Gasteiger partial charge in [-0.15, -0.1) is 12.3 Å². The minimum absolute atomic E-state index is 0.277. The Hall–Kier alpha value is -1.51. The average Bonchev–Trinajstić information content (AvgIpc) is 2.81. The lowest BCUT2D eigenvalue weighted by Crippen LogP contribution is -2.40. The summed E-state index contributed by atoms with van der Waals surface area (Å²) >= 11 is 0. The van der Waals surface area contributed by atoms with Gasteiger partial charge in [0, 0.05) is 19.3 Å². The quantitative estimate of drug-likeness (QED) is 0.300. The molecule has 0 saturated heterocycles. The molecule has 3 atom stereocenters. The summed E-state index contributed by atoms with van der Waals surface area (Å²) in [6.45, 7) is 6.20. The van der Waals surface area contributed by atoms with Crippen LogP contribution in [-0.4, -0.2) is 25.8 Å². The van der Waals surface area contributed by atoms with Crippen molar-refractivity contribution in [1.82, 2.24) is 5.32 Å². The number of hydrogen-bond donors (Lipinski definition) is 1. The van der Waals surface area contributed by atoms with Crippen LogP contribution in [0.3, 0.4) is 0 Å². The molecule has 1 aromatic carbocycles. The maximum Gasteiger partial charge on any atom is 0.416 e. The molecular weight excluding hydrogens is 423 g/mol. The Labute approximate surface area is 199 Å². The fraction of sp³-hybridized carbons (Fsp3) is 0.714. The van der Waals surface area contributed by atoms with Crippen molar-refractivity contribution >= 4 is 0 Å². The monoisotopic (exact) mass is 465 g/mol. The van der Waals surface area contributed by atoms with Gasteiger partial charge >= 0.3 is 6.18 Å². The van der Waals surface area contributed by atoms with Crippen molar-refractivity contribution in [2.75, 3.05) is 19.8 Å². The lowest BCUT2D eigenvalue weighted by Gasteiger charge is -2.38. The van der Waals surface area contributed by atoms with Crippen LogP contribution in [0, 0.1) is 24.2 Å². The smallest absolute Gasteiger partial charge is 0.382 e. The highest BCUT2D eigenvalue weighted by Crippen LogP contribution is 2.39. The second-order valence-corrected chi connectivity index (χ2v) is 9.53. The van der Waals surface area contributed by atoms with Crippen LogP contribution in [0.5, 0.6) is 0 Å². The summed E-state index contributed by atoms with van der Waals surface area (Å²) in [7, 11) is 0. The predicted molar refractivity (Wildman–Crippen MR) is 130 cm³/mol. The van der Waals surface area contributed by atoms with Crippen molar-refractivity contribution in [3.8, 4) is 12.3 Å². The molecule has 186 valence electrons. The van der Waals surface area contributed by atoms with E-state index in [1.165, 1.54) is 57.1 Å². The second-order valence-electron chi connectivity index (χ2n) is 9.53. The first-order chi connectivity index (χ1) is 15.9. The zero-order valence-corrected chi connectivity index (χ0v) is 20.4. The van der Waals surface area contributed by atoms with E-state index in [0.29, 0.717) is 12.0 Å². The molecule has 0 spiro atoms. The highest BCUT2D eigenvalue weighted by Gasteiger charge is 2.33. The topological polar surface area (TPSA) is 21.3 Å². The van der Waals surface area contributed by atoms with Crippen LogP contribution in [0.25, 0.3) is 0 Å². The minimum Gasteiger partial charge on any atom is -0.382 e. The van der Waals surface area contributed by atoms with Gasteiger partial charge in [-0.05, 0) is 87.9 Å². The SMILES string of the molecule is C#CC.CCOCCC1CCC(NCCC2CCCCC2)C(c2ccc(C(F)(F)F)cc2)C1. The molecule has 0 radical (unpaired) electrons. The molecule has 2 fully saturated rings. The number of rotatable bonds is 9.